The highest BCUT2D eigenvalue weighted by molar-refractivity contribution is 5.96. The molecule has 1 atom stereocenters. The molecule has 3 aliphatic rings. The van der Waals surface area contributed by atoms with Crippen LogP contribution in [0.2, 0.25) is 0 Å². The summed E-state index contributed by atoms with van der Waals surface area (Å²) in [5.74, 6) is 0.287. The maximum absolute atomic E-state index is 13.9. The fraction of sp³-hybridized carbons (Fsp3) is 0.350. The second kappa shape index (κ2) is 14.5. The number of aromatic nitrogens is 1. The van der Waals surface area contributed by atoms with Crippen LogP contribution >= 0.6 is 0 Å². The van der Waals surface area contributed by atoms with Crippen molar-refractivity contribution in [2.75, 3.05) is 52.4 Å². The molecule has 0 spiro atoms. The van der Waals surface area contributed by atoms with Crippen molar-refractivity contribution < 1.29 is 14.4 Å². The van der Waals surface area contributed by atoms with Gasteiger partial charge in [0.2, 0.25) is 5.91 Å². The lowest BCUT2D eigenvalue weighted by Crippen LogP contribution is -2.55. The van der Waals surface area contributed by atoms with E-state index >= 15 is 0 Å². The topological polar surface area (TPSA) is 77.1 Å². The Morgan fingerprint density at radius 2 is 1.04 bits per heavy atom. The molecular formula is C40H43N5O3. The monoisotopic (exact) mass is 641 g/mol. The van der Waals surface area contributed by atoms with Gasteiger partial charge in [-0.2, -0.15) is 0 Å². The van der Waals surface area contributed by atoms with Gasteiger partial charge in [0, 0.05) is 74.1 Å². The van der Waals surface area contributed by atoms with E-state index in [-0.39, 0.29) is 23.6 Å². The first kappa shape index (κ1) is 31.8. The standard InChI is InChI=1S/C40H43N5O3/c46-38(32-15-8-3-9-16-32)43-23-25-44(26-24-43)39(47)33-17-10-20-45(29-33)35-18-21-42(22-19-35)40(48)34-27-36(30-11-4-1-5-12-30)41-37(28-34)31-13-6-2-7-14-31/h1-9,11-16,27-28,33,35H,10,17-26,29H2/t33-/m1/s1. The number of hydrogen-bond acceptors (Lipinski definition) is 5. The molecule has 8 nitrogen and oxygen atoms in total. The number of benzene rings is 3. The Labute approximate surface area is 283 Å². The number of hydrogen-bond donors (Lipinski definition) is 0. The third-order valence-corrected chi connectivity index (χ3v) is 10.2. The van der Waals surface area contributed by atoms with E-state index in [1.807, 2.05) is 118 Å². The van der Waals surface area contributed by atoms with Crippen LogP contribution in [0.25, 0.3) is 22.5 Å². The van der Waals surface area contributed by atoms with Crippen molar-refractivity contribution in [1.82, 2.24) is 24.6 Å². The Balaban J connectivity index is 0.955. The number of nitrogens with zero attached hydrogens (tertiary/aromatic N) is 5. The van der Waals surface area contributed by atoms with E-state index in [0.29, 0.717) is 56.4 Å². The first-order chi connectivity index (χ1) is 23.5. The summed E-state index contributed by atoms with van der Waals surface area (Å²) < 4.78 is 0. The molecule has 4 heterocycles. The fourth-order valence-electron chi connectivity index (χ4n) is 7.48. The van der Waals surface area contributed by atoms with Gasteiger partial charge in [0.15, 0.2) is 0 Å². The predicted molar refractivity (Wildman–Crippen MR) is 187 cm³/mol. The molecule has 0 N–H and O–H groups in total. The first-order valence-corrected chi connectivity index (χ1v) is 17.3. The first-order valence-electron chi connectivity index (χ1n) is 17.3. The Bertz CT molecular complexity index is 1660. The molecule has 0 unspecified atom stereocenters. The van der Waals surface area contributed by atoms with Crippen LogP contribution in [0.1, 0.15) is 46.4 Å². The molecule has 8 heteroatoms. The molecule has 0 bridgehead atoms. The minimum atomic E-state index is -0.0144. The van der Waals surface area contributed by atoms with Crippen LogP contribution in [0.15, 0.2) is 103 Å². The number of amides is 3. The summed E-state index contributed by atoms with van der Waals surface area (Å²) >= 11 is 0. The van der Waals surface area contributed by atoms with Crippen molar-refractivity contribution in [3.8, 4) is 22.5 Å². The number of piperidine rings is 2. The van der Waals surface area contributed by atoms with Crippen LogP contribution in [0.3, 0.4) is 0 Å². The van der Waals surface area contributed by atoms with Crippen molar-refractivity contribution in [3.63, 3.8) is 0 Å². The number of carbonyl (C=O) groups is 3. The lowest BCUT2D eigenvalue weighted by molar-refractivity contribution is -0.139. The summed E-state index contributed by atoms with van der Waals surface area (Å²) in [6.45, 7) is 5.46. The quantitative estimate of drug-likeness (QED) is 0.269. The van der Waals surface area contributed by atoms with Crippen LogP contribution in [-0.2, 0) is 4.79 Å². The zero-order chi connectivity index (χ0) is 32.9. The number of rotatable bonds is 6. The third-order valence-electron chi connectivity index (χ3n) is 10.2. The maximum atomic E-state index is 13.9. The second-order valence-corrected chi connectivity index (χ2v) is 13.2. The van der Waals surface area contributed by atoms with Crippen LogP contribution in [0, 0.1) is 5.92 Å². The highest BCUT2D eigenvalue weighted by Gasteiger charge is 2.35. The van der Waals surface area contributed by atoms with Crippen molar-refractivity contribution >= 4 is 17.7 Å². The van der Waals surface area contributed by atoms with Gasteiger partial charge in [-0.05, 0) is 56.5 Å². The number of likely N-dealkylation sites (tertiary alicyclic amines) is 2. The van der Waals surface area contributed by atoms with Crippen LogP contribution in [-0.4, -0.2) is 101 Å². The van der Waals surface area contributed by atoms with Gasteiger partial charge in [0.1, 0.15) is 0 Å². The SMILES string of the molecule is O=C(c1cc(-c2ccccc2)nc(-c2ccccc2)c1)N1CCC(N2CCC[C@@H](C(=O)N3CCN(C(=O)c4ccccc4)CC3)C2)CC1. The van der Waals surface area contributed by atoms with E-state index in [1.165, 1.54) is 0 Å². The van der Waals surface area contributed by atoms with Gasteiger partial charge in [0.25, 0.3) is 11.8 Å². The Morgan fingerprint density at radius 3 is 1.62 bits per heavy atom. The largest absolute Gasteiger partial charge is 0.339 e. The minimum absolute atomic E-state index is 0.0144. The van der Waals surface area contributed by atoms with Crippen molar-refractivity contribution in [2.24, 2.45) is 5.92 Å². The summed E-state index contributed by atoms with van der Waals surface area (Å²) in [6.07, 6.45) is 3.71. The molecular weight excluding hydrogens is 598 g/mol. The molecule has 3 saturated heterocycles. The van der Waals surface area contributed by atoms with Gasteiger partial charge in [-0.15, -0.1) is 0 Å². The minimum Gasteiger partial charge on any atom is -0.339 e. The number of piperazine rings is 1. The molecule has 0 radical (unpaired) electrons. The van der Waals surface area contributed by atoms with Crippen LogP contribution in [0.5, 0.6) is 0 Å². The maximum Gasteiger partial charge on any atom is 0.254 e. The van der Waals surface area contributed by atoms with E-state index in [1.54, 1.807) is 0 Å². The average Bonchev–Trinajstić information content (AvgIpc) is 3.18. The lowest BCUT2D eigenvalue weighted by atomic mass is 9.92. The van der Waals surface area contributed by atoms with Crippen LogP contribution < -0.4 is 0 Å². The molecule has 3 aromatic carbocycles. The van der Waals surface area contributed by atoms with Gasteiger partial charge < -0.3 is 14.7 Å². The third kappa shape index (κ3) is 7.04. The molecule has 48 heavy (non-hydrogen) atoms. The Kier molecular flexibility index (Phi) is 9.61. The molecule has 0 saturated carbocycles. The molecule has 0 aliphatic carbocycles. The Hall–Kier alpha value is -4.82. The molecule has 246 valence electrons. The second-order valence-electron chi connectivity index (χ2n) is 13.2. The van der Waals surface area contributed by atoms with E-state index < -0.39 is 0 Å². The molecule has 4 aromatic rings. The van der Waals surface area contributed by atoms with Gasteiger partial charge in [-0.1, -0.05) is 78.9 Å². The fourth-order valence-corrected chi connectivity index (χ4v) is 7.48. The van der Waals surface area contributed by atoms with Gasteiger partial charge in [0.05, 0.1) is 17.3 Å². The molecule has 3 aliphatic heterocycles. The zero-order valence-electron chi connectivity index (χ0n) is 27.4. The summed E-state index contributed by atoms with van der Waals surface area (Å²) in [4.78, 5) is 53.7. The number of carbonyl (C=O) groups excluding carboxylic acids is 3. The van der Waals surface area contributed by atoms with Crippen LogP contribution in [0.4, 0.5) is 0 Å². The smallest absolute Gasteiger partial charge is 0.254 e. The molecule has 3 amide bonds. The van der Waals surface area contributed by atoms with E-state index in [9.17, 15) is 14.4 Å². The predicted octanol–water partition coefficient (Wildman–Crippen LogP) is 5.72. The van der Waals surface area contributed by atoms with Crippen molar-refractivity contribution in [1.29, 1.82) is 0 Å². The highest BCUT2D eigenvalue weighted by Crippen LogP contribution is 2.29. The summed E-state index contributed by atoms with van der Waals surface area (Å²) in [7, 11) is 0. The summed E-state index contributed by atoms with van der Waals surface area (Å²) in [5, 5.41) is 0. The molecule has 7 rings (SSSR count). The van der Waals surface area contributed by atoms with Crippen molar-refractivity contribution in [2.45, 2.75) is 31.7 Å². The lowest BCUT2D eigenvalue weighted by Gasteiger charge is -2.43. The van der Waals surface area contributed by atoms with E-state index in [0.717, 1.165) is 61.3 Å². The summed E-state index contributed by atoms with van der Waals surface area (Å²) in [6, 6.07) is 33.6. The van der Waals surface area contributed by atoms with E-state index in [2.05, 4.69) is 4.90 Å². The number of pyridine rings is 1. The highest BCUT2D eigenvalue weighted by atomic mass is 16.2. The van der Waals surface area contributed by atoms with Gasteiger partial charge in [-0.25, -0.2) is 4.98 Å². The molecule has 1 aromatic heterocycles. The van der Waals surface area contributed by atoms with Crippen molar-refractivity contribution in [3.05, 3.63) is 114 Å². The molecule has 3 fully saturated rings. The van der Waals surface area contributed by atoms with E-state index in [4.69, 9.17) is 4.98 Å². The van der Waals surface area contributed by atoms with Gasteiger partial charge in [-0.3, -0.25) is 19.3 Å². The zero-order valence-corrected chi connectivity index (χ0v) is 27.4. The average molecular weight is 642 g/mol. The summed E-state index contributed by atoms with van der Waals surface area (Å²) in [5.41, 5.74) is 4.92. The Morgan fingerprint density at radius 1 is 0.542 bits per heavy atom. The normalized spacial score (nSPS) is 19.2. The van der Waals surface area contributed by atoms with Gasteiger partial charge >= 0.3 is 0 Å².